The molecule has 0 spiro atoms. The quantitative estimate of drug-likeness (QED) is 0.0473. The number of phosphoric acid groups is 1. The molecule has 0 saturated carbocycles. The van der Waals surface area contributed by atoms with Gasteiger partial charge in [-0.15, -0.1) is 0 Å². The number of nitrogens with zero attached hydrogens (tertiary/aromatic N) is 5. The average Bonchev–Trinajstić information content (AvgIpc) is 3.68. The summed E-state index contributed by atoms with van der Waals surface area (Å²) in [4.78, 5) is 61.4. The zero-order valence-corrected chi connectivity index (χ0v) is 33.5. The van der Waals surface area contributed by atoms with Gasteiger partial charge in [0.15, 0.2) is 23.6 Å². The van der Waals surface area contributed by atoms with Crippen LogP contribution in [0, 0.1) is 0 Å². The molecule has 51 heavy (non-hydrogen) atoms. The van der Waals surface area contributed by atoms with E-state index >= 15 is 0 Å². The molecule has 3 aromatic heterocycles. The molecule has 0 aliphatic carbocycles. The second-order valence-corrected chi connectivity index (χ2v) is 13.6. The normalized spacial score (nSPS) is 27.6. The van der Waals surface area contributed by atoms with E-state index < -0.39 is 89.1 Å². The van der Waals surface area contributed by atoms with E-state index in [0.29, 0.717) is 0 Å². The van der Waals surface area contributed by atoms with Gasteiger partial charge >= 0.3 is 72.6 Å². The van der Waals surface area contributed by atoms with E-state index in [2.05, 4.69) is 29.5 Å². The fourth-order valence-electron chi connectivity index (χ4n) is 5.18. The van der Waals surface area contributed by atoms with Crippen LogP contribution in [0.4, 0.5) is 11.8 Å². The number of phosphoric ester groups is 1. The van der Waals surface area contributed by atoms with E-state index in [1.54, 1.807) is 0 Å². The van der Waals surface area contributed by atoms with Crippen molar-refractivity contribution >= 4 is 38.5 Å². The van der Waals surface area contributed by atoms with Crippen LogP contribution in [0.2, 0.25) is 0 Å². The number of nitrogen functional groups attached to an aromatic ring is 2. The van der Waals surface area contributed by atoms with Crippen LogP contribution in [0.5, 0.6) is 0 Å². The van der Waals surface area contributed by atoms with Gasteiger partial charge < -0.3 is 59.5 Å². The Labute approximate surface area is 331 Å². The van der Waals surface area contributed by atoms with E-state index in [1.165, 1.54) is 31.0 Å². The number of hydrogen-bond acceptors (Lipinski definition) is 20. The summed E-state index contributed by atoms with van der Waals surface area (Å²) in [5, 5.41) is 23.9. The first-order valence-corrected chi connectivity index (χ1v) is 17.3. The number of hydrogen-bond donors (Lipinski definition) is 6. The van der Waals surface area contributed by atoms with E-state index in [4.69, 9.17) is 39.5 Å². The molecule has 24 nitrogen and oxygen atoms in total. The predicted octanol–water partition coefficient (Wildman–Crippen LogP) is -10.3. The van der Waals surface area contributed by atoms with Crippen LogP contribution in [0.1, 0.15) is 12.5 Å². The summed E-state index contributed by atoms with van der Waals surface area (Å²) >= 11 is 0. The van der Waals surface area contributed by atoms with Crippen molar-refractivity contribution < 1.29 is 121 Å². The fourth-order valence-corrected chi connectivity index (χ4v) is 7.02. The molecule has 5 heterocycles. The molecule has 0 amide bonds. The maximum atomic E-state index is 14.2. The summed E-state index contributed by atoms with van der Waals surface area (Å²) in [6.07, 6.45) is -9.40. The van der Waals surface area contributed by atoms with Gasteiger partial charge in [0.05, 0.1) is 34.0 Å². The number of nitrogens with two attached hydrogens (primary N) is 2. The van der Waals surface area contributed by atoms with Gasteiger partial charge in [0.2, 0.25) is 5.95 Å². The number of aromatic nitrogens is 6. The van der Waals surface area contributed by atoms with Gasteiger partial charge in [0.1, 0.15) is 42.4 Å². The summed E-state index contributed by atoms with van der Waals surface area (Å²) in [7, 11) is -7.57. The van der Waals surface area contributed by atoms with Gasteiger partial charge in [-0.25, -0.2) is 19.4 Å². The first-order valence-electron chi connectivity index (χ1n) is 14.2. The van der Waals surface area contributed by atoms with Gasteiger partial charge in [-0.05, 0) is 6.07 Å². The molecule has 2 saturated heterocycles. The smallest absolute Gasteiger partial charge is 0.790 e. The minimum absolute atomic E-state index is 0. The second-order valence-electron chi connectivity index (χ2n) is 10.6. The number of aliphatic hydroxyl groups is 2. The van der Waals surface area contributed by atoms with Crippen molar-refractivity contribution in [2.75, 3.05) is 52.1 Å². The molecular formula is C23H33N9Na2O15P2. The van der Waals surface area contributed by atoms with Gasteiger partial charge in [-0.1, -0.05) is 0 Å². The van der Waals surface area contributed by atoms with Crippen molar-refractivity contribution in [1.82, 2.24) is 34.2 Å². The summed E-state index contributed by atoms with van der Waals surface area (Å²) in [6, 6.07) is 1.27. The molecule has 2 aliphatic heterocycles. The maximum absolute atomic E-state index is 14.2. The monoisotopic (exact) mass is 783 g/mol. The molecule has 2 aliphatic rings. The largest absolute Gasteiger partial charge is 1.00 e. The minimum Gasteiger partial charge on any atom is -0.790 e. The molecule has 0 radical (unpaired) electrons. The third-order valence-electron chi connectivity index (χ3n) is 7.42. The molecule has 0 aromatic carbocycles. The summed E-state index contributed by atoms with van der Waals surface area (Å²) in [6.45, 7) is -1.78. The Morgan fingerprint density at radius 1 is 1.00 bits per heavy atom. The van der Waals surface area contributed by atoms with E-state index in [-0.39, 0.29) is 95.2 Å². The van der Waals surface area contributed by atoms with Crippen molar-refractivity contribution in [3.05, 3.63) is 39.4 Å². The molecule has 5 rings (SSSR count). The molecular weight excluding hydrogens is 750 g/mol. The molecule has 2 fully saturated rings. The van der Waals surface area contributed by atoms with Crippen LogP contribution < -0.4 is 96.7 Å². The Hall–Kier alpha value is -1.19. The van der Waals surface area contributed by atoms with Crippen molar-refractivity contribution in [2.45, 2.75) is 49.1 Å². The number of ether oxygens (including phenoxy) is 4. The Morgan fingerprint density at radius 2 is 1.69 bits per heavy atom. The van der Waals surface area contributed by atoms with E-state index in [1.807, 2.05) is 0 Å². The topological polar surface area (TPSA) is 348 Å². The molecule has 0 bridgehead atoms. The molecule has 3 aromatic rings. The van der Waals surface area contributed by atoms with E-state index in [0.717, 1.165) is 10.9 Å². The first kappa shape index (κ1) is 44.2. The zero-order valence-electron chi connectivity index (χ0n) is 27.7. The van der Waals surface area contributed by atoms with Crippen LogP contribution in [0.25, 0.3) is 11.2 Å². The van der Waals surface area contributed by atoms with Crippen molar-refractivity contribution in [3.63, 3.8) is 0 Å². The Morgan fingerprint density at radius 3 is 2.33 bits per heavy atom. The summed E-state index contributed by atoms with van der Waals surface area (Å²) < 4.78 is 65.9. The Balaban J connectivity index is 0.00000351. The number of aliphatic hydroxyl groups excluding tert-OH is 2. The first-order chi connectivity index (χ1) is 23.1. The number of fused-ring (bicyclic) bond motifs is 1. The zero-order chi connectivity index (χ0) is 35.7. The van der Waals surface area contributed by atoms with Gasteiger partial charge in [0, 0.05) is 27.0 Å². The Bertz CT molecular complexity index is 1850. The van der Waals surface area contributed by atoms with Gasteiger partial charge in [0.25, 0.3) is 5.56 Å². The third-order valence-corrected chi connectivity index (χ3v) is 9.51. The number of imidazole rings is 1. The maximum Gasteiger partial charge on any atom is 1.00 e. The number of anilines is 2. The number of nitrogens with one attached hydrogen (secondary N) is 2. The number of aromatic amines is 1. The minimum atomic E-state index is -5.56. The predicted molar refractivity (Wildman–Crippen MR) is 158 cm³/mol. The molecule has 28 heteroatoms. The van der Waals surface area contributed by atoms with E-state index in [9.17, 15) is 38.7 Å². The molecule has 0 unspecified atom stereocenters. The summed E-state index contributed by atoms with van der Waals surface area (Å²) in [5.74, 6) is -0.354. The number of rotatable bonds is 15. The van der Waals surface area contributed by atoms with Gasteiger partial charge in [-0.2, -0.15) is 9.97 Å². The van der Waals surface area contributed by atoms with Crippen LogP contribution in [0.15, 0.2) is 28.2 Å². The summed E-state index contributed by atoms with van der Waals surface area (Å²) in [5.41, 5.74) is 9.45. The van der Waals surface area contributed by atoms with Crippen LogP contribution >= 0.6 is 15.6 Å². The molecule has 9 atom stereocenters. The van der Waals surface area contributed by atoms with Crippen molar-refractivity contribution in [2.24, 2.45) is 0 Å². The van der Waals surface area contributed by atoms with Crippen LogP contribution in [-0.2, 0) is 41.6 Å². The van der Waals surface area contributed by atoms with Crippen molar-refractivity contribution in [3.8, 4) is 0 Å². The third kappa shape index (κ3) is 10.3. The fraction of sp³-hybridized carbons (Fsp3) is 0.609. The number of methoxy groups -OCH3 is 2. The standard InChI is InChI=1S/C23H35N9O15P2.2Na/c1-41-6-4-27-48(37,43-7-10-14(33)15(34)20(45-10)31-5-3-12(24)28-23(31)36)47-16-11(8-44-49(38,39)40)46-21(17(16)42-2)32-9-26-13-18(32)29-22(25)30-19(13)35;;/h3,5,9-11,14-17,20-21,33-34H,4,6-8H2,1-2H3,(H,27,37)(H2,24,28,36)(H2,38,39,40)(H3,25,29,30,35);;/q;2*+1/p-2/t10-,11-,14-,15-,16-,17-,20-,21-,48-;;/m1../s1. The second kappa shape index (κ2) is 18.4. The van der Waals surface area contributed by atoms with Gasteiger partial charge in [-0.3, -0.25) is 28.0 Å². The van der Waals surface area contributed by atoms with Crippen LogP contribution in [0.3, 0.4) is 0 Å². The van der Waals surface area contributed by atoms with Crippen molar-refractivity contribution in [1.29, 1.82) is 0 Å². The van der Waals surface area contributed by atoms with Crippen LogP contribution in [-0.4, -0.2) is 116 Å². The SMILES string of the molecule is COCCN[P@@](=O)(OC[C@H]1O[C@@H](n2ccc(N)nc2=O)[C@H](O)[C@@H]1O)O[C@H]1[C@@H](OC)[C@H](n2cnc3c(=O)[nH]c(N)nc32)O[C@@H]1COP(=O)([O-])[O-].[Na+].[Na+]. The average molecular weight is 783 g/mol. The molecule has 8 N–H and O–H groups in total. The Kier molecular flexibility index (Phi) is 16.0. The molecule has 272 valence electrons. The number of H-pyrrole nitrogens is 1.